The van der Waals surface area contributed by atoms with E-state index in [1.54, 1.807) is 18.4 Å². The topological polar surface area (TPSA) is 37.6 Å². The second kappa shape index (κ2) is 7.63. The van der Waals surface area contributed by atoms with Crippen molar-refractivity contribution in [3.63, 3.8) is 0 Å². The van der Waals surface area contributed by atoms with Crippen molar-refractivity contribution in [1.29, 1.82) is 0 Å². The Balaban J connectivity index is 0.00000176. The number of hydrogen-bond donors (Lipinski definition) is 1. The summed E-state index contributed by atoms with van der Waals surface area (Å²) in [6.07, 6.45) is 1.67. The Morgan fingerprint density at radius 2 is 2.05 bits per heavy atom. The van der Waals surface area contributed by atoms with Crippen LogP contribution in [-0.4, -0.2) is 38.2 Å². The molecule has 1 N–H and O–H groups in total. The molecule has 0 amide bonds. The molecule has 3 rings (SSSR count). The molecule has 1 fully saturated rings. The van der Waals surface area contributed by atoms with Crippen LogP contribution in [0.15, 0.2) is 41.0 Å². The number of nitrogens with one attached hydrogen (secondary N) is 1. The molecule has 0 radical (unpaired) electrons. The molecule has 6 heteroatoms. The van der Waals surface area contributed by atoms with E-state index in [9.17, 15) is 4.39 Å². The van der Waals surface area contributed by atoms with Crippen LogP contribution < -0.4 is 10.1 Å². The molecule has 120 valence electrons. The molecule has 1 aliphatic rings. The van der Waals surface area contributed by atoms with Gasteiger partial charge in [-0.25, -0.2) is 4.39 Å². The predicted octanol–water partition coefficient (Wildman–Crippen LogP) is 2.84. The van der Waals surface area contributed by atoms with E-state index < -0.39 is 0 Å². The number of hydrogen-bond acceptors (Lipinski definition) is 4. The summed E-state index contributed by atoms with van der Waals surface area (Å²) >= 11 is 0. The molecule has 0 saturated carbocycles. The summed E-state index contributed by atoms with van der Waals surface area (Å²) in [6, 6.07) is 8.83. The Morgan fingerprint density at radius 3 is 2.68 bits per heavy atom. The Bertz CT molecular complexity index is 586. The Labute approximate surface area is 135 Å². The van der Waals surface area contributed by atoms with Crippen LogP contribution in [0.5, 0.6) is 5.75 Å². The molecule has 0 unspecified atom stereocenters. The van der Waals surface area contributed by atoms with Gasteiger partial charge in [0.05, 0.1) is 19.4 Å². The number of nitrogens with zero attached hydrogens (tertiary/aromatic N) is 1. The number of methoxy groups -OCH3 is 1. The van der Waals surface area contributed by atoms with E-state index in [0.717, 1.165) is 37.5 Å². The van der Waals surface area contributed by atoms with Crippen LogP contribution in [0.1, 0.15) is 17.4 Å². The zero-order valence-corrected chi connectivity index (χ0v) is 13.2. The van der Waals surface area contributed by atoms with Gasteiger partial charge in [-0.1, -0.05) is 6.07 Å². The van der Waals surface area contributed by atoms with Crippen LogP contribution in [0.3, 0.4) is 0 Å². The minimum Gasteiger partial charge on any atom is -0.494 e. The van der Waals surface area contributed by atoms with Gasteiger partial charge in [0.1, 0.15) is 5.76 Å². The van der Waals surface area contributed by atoms with Gasteiger partial charge in [0.15, 0.2) is 11.6 Å². The summed E-state index contributed by atoms with van der Waals surface area (Å²) in [6.45, 7) is 3.72. The van der Waals surface area contributed by atoms with E-state index in [4.69, 9.17) is 9.15 Å². The average Bonchev–Trinajstić information content (AvgIpc) is 3.04. The van der Waals surface area contributed by atoms with Crippen LogP contribution in [0.4, 0.5) is 4.39 Å². The average molecular weight is 327 g/mol. The van der Waals surface area contributed by atoms with Crippen molar-refractivity contribution in [3.8, 4) is 5.75 Å². The summed E-state index contributed by atoms with van der Waals surface area (Å²) in [7, 11) is 1.48. The standard InChI is InChI=1S/C16H19FN2O2.ClH/c1-20-15-11-12(4-5-13(15)17)16(14-3-2-10-21-14)19-8-6-18-7-9-19;/h2-5,10-11,16,18H,6-9H2,1H3;1H/t16-;/m1./s1. The lowest BCUT2D eigenvalue weighted by atomic mass is 10.0. The maximum Gasteiger partial charge on any atom is 0.165 e. The molecular formula is C16H20ClFN2O2. The molecule has 2 aromatic rings. The summed E-state index contributed by atoms with van der Waals surface area (Å²) in [4.78, 5) is 2.34. The van der Waals surface area contributed by atoms with Gasteiger partial charge in [-0.05, 0) is 29.8 Å². The monoisotopic (exact) mass is 326 g/mol. The van der Waals surface area contributed by atoms with Crippen molar-refractivity contribution in [2.75, 3.05) is 33.3 Å². The molecule has 4 nitrogen and oxygen atoms in total. The fourth-order valence-corrected chi connectivity index (χ4v) is 2.79. The zero-order chi connectivity index (χ0) is 14.7. The first-order chi connectivity index (χ1) is 10.3. The first-order valence-electron chi connectivity index (χ1n) is 7.11. The number of furan rings is 1. The molecule has 0 aliphatic carbocycles. The molecule has 22 heavy (non-hydrogen) atoms. The van der Waals surface area contributed by atoms with Crippen LogP contribution in [-0.2, 0) is 0 Å². The van der Waals surface area contributed by atoms with E-state index in [0.29, 0.717) is 0 Å². The van der Waals surface area contributed by atoms with Crippen molar-refractivity contribution in [1.82, 2.24) is 10.2 Å². The number of ether oxygens (including phenoxy) is 1. The molecule has 1 saturated heterocycles. The highest BCUT2D eigenvalue weighted by atomic mass is 35.5. The van der Waals surface area contributed by atoms with E-state index in [1.807, 2.05) is 12.1 Å². The van der Waals surface area contributed by atoms with E-state index in [2.05, 4.69) is 10.2 Å². The van der Waals surface area contributed by atoms with Crippen molar-refractivity contribution >= 4 is 12.4 Å². The molecule has 1 aliphatic heterocycles. The van der Waals surface area contributed by atoms with Crippen LogP contribution >= 0.6 is 12.4 Å². The third kappa shape index (κ3) is 3.43. The highest BCUT2D eigenvalue weighted by Gasteiger charge is 2.26. The lowest BCUT2D eigenvalue weighted by Crippen LogP contribution is -2.45. The Kier molecular flexibility index (Phi) is 5.83. The summed E-state index contributed by atoms with van der Waals surface area (Å²) in [5.41, 5.74) is 0.977. The maximum absolute atomic E-state index is 13.6. The minimum atomic E-state index is -0.347. The second-order valence-electron chi connectivity index (χ2n) is 5.10. The quantitative estimate of drug-likeness (QED) is 0.937. The van der Waals surface area contributed by atoms with Crippen LogP contribution in [0, 0.1) is 5.82 Å². The highest BCUT2D eigenvalue weighted by molar-refractivity contribution is 5.85. The van der Waals surface area contributed by atoms with Gasteiger partial charge >= 0.3 is 0 Å². The number of piperazine rings is 1. The highest BCUT2D eigenvalue weighted by Crippen LogP contribution is 2.32. The van der Waals surface area contributed by atoms with Crippen molar-refractivity contribution in [2.45, 2.75) is 6.04 Å². The van der Waals surface area contributed by atoms with E-state index >= 15 is 0 Å². The predicted molar refractivity (Wildman–Crippen MR) is 85.2 cm³/mol. The number of rotatable bonds is 4. The fraction of sp³-hybridized carbons (Fsp3) is 0.375. The maximum atomic E-state index is 13.6. The fourth-order valence-electron chi connectivity index (χ4n) is 2.79. The number of benzene rings is 1. The molecule has 2 heterocycles. The summed E-state index contributed by atoms with van der Waals surface area (Å²) in [5.74, 6) is 0.782. The van der Waals surface area contributed by atoms with Gasteiger partial charge in [0, 0.05) is 26.2 Å². The van der Waals surface area contributed by atoms with E-state index in [1.165, 1.54) is 13.2 Å². The minimum absolute atomic E-state index is 0. The Morgan fingerprint density at radius 1 is 1.27 bits per heavy atom. The van der Waals surface area contributed by atoms with Gasteiger partial charge < -0.3 is 14.5 Å². The SMILES string of the molecule is COc1cc([C@H](c2ccco2)N2CCNCC2)ccc1F.Cl. The number of halogens is 2. The van der Waals surface area contributed by atoms with Crippen molar-refractivity contribution in [2.24, 2.45) is 0 Å². The first kappa shape index (κ1) is 16.8. The van der Waals surface area contributed by atoms with Crippen molar-refractivity contribution < 1.29 is 13.5 Å². The smallest absolute Gasteiger partial charge is 0.165 e. The third-order valence-electron chi connectivity index (χ3n) is 3.82. The lowest BCUT2D eigenvalue weighted by Gasteiger charge is -2.34. The second-order valence-corrected chi connectivity index (χ2v) is 5.10. The zero-order valence-electron chi connectivity index (χ0n) is 12.4. The summed E-state index contributed by atoms with van der Waals surface area (Å²) < 4.78 is 24.4. The molecule has 0 spiro atoms. The Hall–Kier alpha value is -1.56. The molecular weight excluding hydrogens is 307 g/mol. The van der Waals surface area contributed by atoms with Gasteiger partial charge in [0.25, 0.3) is 0 Å². The molecule has 1 atom stereocenters. The molecule has 1 aromatic carbocycles. The van der Waals surface area contributed by atoms with Gasteiger partial charge in [-0.3, -0.25) is 4.90 Å². The van der Waals surface area contributed by atoms with Gasteiger partial charge in [0.2, 0.25) is 0 Å². The molecule has 0 bridgehead atoms. The van der Waals surface area contributed by atoms with Crippen molar-refractivity contribution in [3.05, 3.63) is 53.7 Å². The molecule has 1 aromatic heterocycles. The summed E-state index contributed by atoms with van der Waals surface area (Å²) in [5, 5.41) is 3.34. The van der Waals surface area contributed by atoms with Gasteiger partial charge in [-0.2, -0.15) is 0 Å². The van der Waals surface area contributed by atoms with Crippen LogP contribution in [0.25, 0.3) is 0 Å². The third-order valence-corrected chi connectivity index (χ3v) is 3.82. The van der Waals surface area contributed by atoms with E-state index in [-0.39, 0.29) is 30.0 Å². The first-order valence-corrected chi connectivity index (χ1v) is 7.11. The van der Waals surface area contributed by atoms with Crippen LogP contribution in [0.2, 0.25) is 0 Å². The normalized spacial score (nSPS) is 16.8. The lowest BCUT2D eigenvalue weighted by molar-refractivity contribution is 0.179. The van der Waals surface area contributed by atoms with Gasteiger partial charge in [-0.15, -0.1) is 12.4 Å². The largest absolute Gasteiger partial charge is 0.494 e.